The first-order valence-corrected chi connectivity index (χ1v) is 9.71. The Bertz CT molecular complexity index is 1050. The van der Waals surface area contributed by atoms with Crippen molar-refractivity contribution in [1.29, 1.82) is 0 Å². The number of carbonyl (C=O) groups is 1. The van der Waals surface area contributed by atoms with Crippen molar-refractivity contribution in [3.8, 4) is 11.6 Å². The highest BCUT2D eigenvalue weighted by Crippen LogP contribution is 2.20. The number of nitrogens with zero attached hydrogens (tertiary/aromatic N) is 1. The van der Waals surface area contributed by atoms with Crippen LogP contribution in [0.15, 0.2) is 77.8 Å². The summed E-state index contributed by atoms with van der Waals surface area (Å²) in [4.78, 5) is 15.6. The van der Waals surface area contributed by atoms with Crippen molar-refractivity contribution in [2.75, 3.05) is 0 Å². The highest BCUT2D eigenvalue weighted by Gasteiger charge is 2.15. The molecular weight excluding hydrogens is 364 g/mol. The summed E-state index contributed by atoms with van der Waals surface area (Å²) in [5.74, 6) is 0.826. The molecule has 0 aliphatic carbocycles. The molecule has 0 aliphatic rings. The third-order valence-electron chi connectivity index (χ3n) is 3.78. The van der Waals surface area contributed by atoms with E-state index in [-0.39, 0.29) is 17.2 Å². The van der Waals surface area contributed by atoms with E-state index in [1.165, 1.54) is 19.1 Å². The molecule has 0 spiro atoms. The van der Waals surface area contributed by atoms with Crippen LogP contribution in [0.5, 0.6) is 11.6 Å². The fourth-order valence-electron chi connectivity index (χ4n) is 2.39. The molecule has 1 N–H and O–H groups in total. The average molecular weight is 382 g/mol. The van der Waals surface area contributed by atoms with Crippen molar-refractivity contribution in [2.45, 2.75) is 18.4 Å². The van der Waals surface area contributed by atoms with Crippen LogP contribution < -0.4 is 9.46 Å². The van der Waals surface area contributed by atoms with E-state index in [1.54, 1.807) is 54.7 Å². The lowest BCUT2D eigenvalue weighted by atomic mass is 10.2. The zero-order chi connectivity index (χ0) is 19.3. The summed E-state index contributed by atoms with van der Waals surface area (Å²) in [6, 6.07) is 18.4. The van der Waals surface area contributed by atoms with Gasteiger partial charge in [-0.3, -0.25) is 4.79 Å². The van der Waals surface area contributed by atoms with Gasteiger partial charge < -0.3 is 4.74 Å². The topological polar surface area (TPSA) is 85.4 Å². The summed E-state index contributed by atoms with van der Waals surface area (Å²) in [5, 5.41) is 0. The molecule has 1 aromatic heterocycles. The number of aromatic nitrogens is 1. The molecule has 3 aromatic rings. The molecule has 0 saturated carbocycles. The van der Waals surface area contributed by atoms with Crippen LogP contribution >= 0.6 is 0 Å². The Morgan fingerprint density at radius 1 is 1.04 bits per heavy atom. The molecule has 3 rings (SSSR count). The number of hydrogen-bond acceptors (Lipinski definition) is 5. The van der Waals surface area contributed by atoms with Gasteiger partial charge in [0.05, 0.1) is 4.90 Å². The van der Waals surface area contributed by atoms with Gasteiger partial charge in [-0.25, -0.2) is 18.1 Å². The number of rotatable bonds is 7. The highest BCUT2D eigenvalue weighted by atomic mass is 32.2. The Morgan fingerprint density at radius 2 is 1.85 bits per heavy atom. The fourth-order valence-corrected chi connectivity index (χ4v) is 3.45. The second-order valence-electron chi connectivity index (χ2n) is 5.83. The van der Waals surface area contributed by atoms with Crippen LogP contribution in [0.4, 0.5) is 0 Å². The van der Waals surface area contributed by atoms with E-state index < -0.39 is 10.0 Å². The molecule has 6 nitrogen and oxygen atoms in total. The Labute approximate surface area is 157 Å². The van der Waals surface area contributed by atoms with E-state index in [2.05, 4.69) is 9.71 Å². The Kier molecular flexibility index (Phi) is 5.63. The molecule has 0 radical (unpaired) electrons. The standard InChI is InChI=1S/C20H18N2O4S/c1-15(23)17-7-5-9-19(13-17)27(24,25)22-14-16-6-4-8-18(12-16)26-20-10-2-3-11-21-20/h2-13,22H,14H2,1H3. The Hall–Kier alpha value is -3.03. The third kappa shape index (κ3) is 4.99. The molecule has 7 heteroatoms. The predicted octanol–water partition coefficient (Wildman–Crippen LogP) is 3.56. The predicted molar refractivity (Wildman–Crippen MR) is 101 cm³/mol. The first-order valence-electron chi connectivity index (χ1n) is 8.22. The van der Waals surface area contributed by atoms with Gasteiger partial charge >= 0.3 is 0 Å². The average Bonchev–Trinajstić information content (AvgIpc) is 2.68. The first kappa shape index (κ1) is 18.8. The molecule has 0 atom stereocenters. The SMILES string of the molecule is CC(=O)c1cccc(S(=O)(=O)NCc2cccc(Oc3ccccn3)c2)c1. The lowest BCUT2D eigenvalue weighted by Crippen LogP contribution is -2.23. The van der Waals surface area contributed by atoms with Crippen LogP contribution in [0, 0.1) is 0 Å². The molecule has 1 heterocycles. The summed E-state index contributed by atoms with van der Waals surface area (Å²) in [7, 11) is -3.74. The highest BCUT2D eigenvalue weighted by molar-refractivity contribution is 7.89. The number of carbonyl (C=O) groups excluding carboxylic acids is 1. The monoisotopic (exact) mass is 382 g/mol. The lowest BCUT2D eigenvalue weighted by molar-refractivity contribution is 0.101. The van der Waals surface area contributed by atoms with Gasteiger partial charge in [-0.1, -0.05) is 30.3 Å². The number of sulfonamides is 1. The van der Waals surface area contributed by atoms with Crippen molar-refractivity contribution in [3.05, 3.63) is 84.1 Å². The molecule has 2 aromatic carbocycles. The largest absolute Gasteiger partial charge is 0.439 e. The summed E-state index contributed by atoms with van der Waals surface area (Å²) >= 11 is 0. The summed E-state index contributed by atoms with van der Waals surface area (Å²) in [6.07, 6.45) is 1.63. The first-order chi connectivity index (χ1) is 12.9. The second kappa shape index (κ2) is 8.11. The van der Waals surface area contributed by atoms with E-state index in [9.17, 15) is 13.2 Å². The van der Waals surface area contributed by atoms with Crippen LogP contribution in [-0.4, -0.2) is 19.2 Å². The zero-order valence-corrected chi connectivity index (χ0v) is 15.4. The van der Waals surface area contributed by atoms with Crippen LogP contribution in [0.2, 0.25) is 0 Å². The van der Waals surface area contributed by atoms with E-state index in [4.69, 9.17) is 4.74 Å². The van der Waals surface area contributed by atoms with Crippen LogP contribution in [0.1, 0.15) is 22.8 Å². The minimum atomic E-state index is -3.74. The summed E-state index contributed by atoms with van der Waals surface area (Å²) in [6.45, 7) is 1.48. The van der Waals surface area contributed by atoms with Crippen molar-refractivity contribution in [1.82, 2.24) is 9.71 Å². The molecule has 0 unspecified atom stereocenters. The number of ether oxygens (including phenoxy) is 1. The molecule has 0 saturated heterocycles. The number of nitrogens with one attached hydrogen (secondary N) is 1. The Balaban J connectivity index is 1.71. The van der Waals surface area contributed by atoms with Crippen LogP contribution in [-0.2, 0) is 16.6 Å². The smallest absolute Gasteiger partial charge is 0.240 e. The minimum Gasteiger partial charge on any atom is -0.439 e. The number of benzene rings is 2. The van der Waals surface area contributed by atoms with Gasteiger partial charge in [-0.05, 0) is 42.8 Å². The zero-order valence-electron chi connectivity index (χ0n) is 14.6. The van der Waals surface area contributed by atoms with Crippen molar-refractivity contribution < 1.29 is 17.9 Å². The van der Waals surface area contributed by atoms with E-state index >= 15 is 0 Å². The molecule has 27 heavy (non-hydrogen) atoms. The van der Waals surface area contributed by atoms with E-state index in [0.717, 1.165) is 5.56 Å². The van der Waals surface area contributed by atoms with Gasteiger partial charge in [0.2, 0.25) is 15.9 Å². The lowest BCUT2D eigenvalue weighted by Gasteiger charge is -2.09. The maximum absolute atomic E-state index is 12.5. The van der Waals surface area contributed by atoms with Crippen LogP contribution in [0.3, 0.4) is 0 Å². The van der Waals surface area contributed by atoms with Crippen molar-refractivity contribution in [3.63, 3.8) is 0 Å². The van der Waals surface area contributed by atoms with Gasteiger partial charge in [0.15, 0.2) is 5.78 Å². The summed E-state index contributed by atoms with van der Waals surface area (Å²) in [5.41, 5.74) is 1.08. The second-order valence-corrected chi connectivity index (χ2v) is 7.59. The van der Waals surface area contributed by atoms with Gasteiger partial charge in [-0.2, -0.15) is 0 Å². The molecule has 0 aliphatic heterocycles. The molecule has 0 bridgehead atoms. The number of ketones is 1. The molecule has 0 fully saturated rings. The number of pyridine rings is 1. The summed E-state index contributed by atoms with van der Waals surface area (Å²) < 4.78 is 33.2. The Morgan fingerprint density at radius 3 is 2.59 bits per heavy atom. The van der Waals surface area contributed by atoms with Gasteiger partial charge in [0.25, 0.3) is 0 Å². The molecular formula is C20H18N2O4S. The van der Waals surface area contributed by atoms with Crippen molar-refractivity contribution >= 4 is 15.8 Å². The third-order valence-corrected chi connectivity index (χ3v) is 5.17. The maximum atomic E-state index is 12.5. The molecule has 0 amide bonds. The fraction of sp³-hybridized carbons (Fsp3) is 0.100. The van der Waals surface area contributed by atoms with Crippen LogP contribution in [0.25, 0.3) is 0 Å². The van der Waals surface area contributed by atoms with Crippen molar-refractivity contribution in [2.24, 2.45) is 0 Å². The van der Waals surface area contributed by atoms with Gasteiger partial charge in [0, 0.05) is 24.4 Å². The van der Waals surface area contributed by atoms with E-state index in [0.29, 0.717) is 17.2 Å². The number of Topliss-reactive ketones (excluding diaryl/α,β-unsaturated/α-hetero) is 1. The molecule has 138 valence electrons. The maximum Gasteiger partial charge on any atom is 0.240 e. The van der Waals surface area contributed by atoms with Gasteiger partial charge in [-0.15, -0.1) is 0 Å². The quantitative estimate of drug-likeness (QED) is 0.632. The minimum absolute atomic E-state index is 0.0519. The van der Waals surface area contributed by atoms with Gasteiger partial charge in [0.1, 0.15) is 5.75 Å². The number of hydrogen-bond donors (Lipinski definition) is 1. The normalized spacial score (nSPS) is 11.1. The van der Waals surface area contributed by atoms with E-state index in [1.807, 2.05) is 6.07 Å².